The Morgan fingerprint density at radius 3 is 1.17 bits per heavy atom. The molecule has 0 unspecified atom stereocenters. The first-order chi connectivity index (χ1) is 13.9. The fourth-order valence-corrected chi connectivity index (χ4v) is 4.23. The van der Waals surface area contributed by atoms with Crippen LogP contribution >= 0.6 is 0 Å². The van der Waals surface area contributed by atoms with Crippen LogP contribution in [0.3, 0.4) is 0 Å². The van der Waals surface area contributed by atoms with Gasteiger partial charge in [0.2, 0.25) is 0 Å². The van der Waals surface area contributed by atoms with Crippen molar-refractivity contribution in [3.05, 3.63) is 0 Å². The number of urea groups is 3. The van der Waals surface area contributed by atoms with E-state index in [0.29, 0.717) is 38.6 Å². The van der Waals surface area contributed by atoms with Crippen LogP contribution in [0, 0.1) is 0 Å². The fourth-order valence-electron chi connectivity index (χ4n) is 4.23. The number of rotatable bonds is 10. The molecule has 0 aromatic carbocycles. The van der Waals surface area contributed by atoms with Crippen LogP contribution < -0.4 is 0 Å². The summed E-state index contributed by atoms with van der Waals surface area (Å²) < 4.78 is 0. The second kappa shape index (κ2) is 9.45. The topological polar surface area (TPSA) is 84.5 Å². The lowest BCUT2D eigenvalue weighted by Crippen LogP contribution is -2.80. The minimum atomic E-state index is -1.70. The average molecular weight is 410 g/mol. The van der Waals surface area contributed by atoms with Crippen LogP contribution in [0.5, 0.6) is 0 Å². The standard InChI is InChI=1S/C20H35N5O4/c1-6-11-21-16(26)20(23(13-8-3)17(21)27)24(14-9-4)18(28)22(12-7-2)19(29)25(20)15-10-5/h6-15H2,1-5H3. The lowest BCUT2D eigenvalue weighted by atomic mass is 10.1. The summed E-state index contributed by atoms with van der Waals surface area (Å²) in [6.45, 7) is 10.9. The van der Waals surface area contributed by atoms with Gasteiger partial charge < -0.3 is 0 Å². The number of amides is 7. The summed E-state index contributed by atoms with van der Waals surface area (Å²) >= 11 is 0. The summed E-state index contributed by atoms with van der Waals surface area (Å²) in [5, 5.41) is 0. The SMILES string of the molecule is CCCN1C(=O)N(CCC)C2(C(=O)N(CCC)C(=O)N2CCC)N(CCC)C1=O. The molecule has 1 spiro atoms. The number of hydrogen-bond acceptors (Lipinski definition) is 4. The second-order valence-corrected chi connectivity index (χ2v) is 7.55. The van der Waals surface area contributed by atoms with E-state index in [1.807, 2.05) is 34.6 Å². The van der Waals surface area contributed by atoms with Crippen molar-refractivity contribution in [2.75, 3.05) is 32.7 Å². The molecule has 0 radical (unpaired) electrons. The Hall–Kier alpha value is -2.32. The molecule has 7 amide bonds. The Balaban J connectivity index is 2.73. The van der Waals surface area contributed by atoms with Gasteiger partial charge in [-0.3, -0.25) is 24.4 Å². The van der Waals surface area contributed by atoms with E-state index in [4.69, 9.17) is 0 Å². The third-order valence-electron chi connectivity index (χ3n) is 5.28. The molecule has 0 aliphatic carbocycles. The van der Waals surface area contributed by atoms with Crippen LogP contribution in [0.2, 0.25) is 0 Å². The van der Waals surface area contributed by atoms with E-state index >= 15 is 0 Å². The van der Waals surface area contributed by atoms with Gasteiger partial charge in [0.15, 0.2) is 0 Å². The lowest BCUT2D eigenvalue weighted by Gasteiger charge is -2.54. The van der Waals surface area contributed by atoms with Gasteiger partial charge in [0, 0.05) is 32.7 Å². The van der Waals surface area contributed by atoms with Crippen LogP contribution in [0.25, 0.3) is 0 Å². The van der Waals surface area contributed by atoms with E-state index in [-0.39, 0.29) is 26.2 Å². The molecule has 2 aliphatic rings. The number of nitrogens with zero attached hydrogens (tertiary/aromatic N) is 5. The third-order valence-corrected chi connectivity index (χ3v) is 5.28. The molecule has 9 heteroatoms. The van der Waals surface area contributed by atoms with Crippen LogP contribution in [0.1, 0.15) is 66.7 Å². The summed E-state index contributed by atoms with van der Waals surface area (Å²) in [4.78, 5) is 60.5. The molecule has 0 N–H and O–H groups in total. The molecular weight excluding hydrogens is 374 g/mol. The molecule has 0 atom stereocenters. The molecule has 0 saturated carbocycles. The molecule has 0 bridgehead atoms. The zero-order valence-corrected chi connectivity index (χ0v) is 18.4. The maximum absolute atomic E-state index is 13.8. The van der Waals surface area contributed by atoms with Crippen molar-refractivity contribution in [1.82, 2.24) is 24.5 Å². The fraction of sp³-hybridized carbons (Fsp3) is 0.800. The first kappa shape index (κ1) is 23.0. The molecule has 2 saturated heterocycles. The zero-order valence-electron chi connectivity index (χ0n) is 18.4. The van der Waals surface area contributed by atoms with Crippen LogP contribution in [-0.2, 0) is 4.79 Å². The van der Waals surface area contributed by atoms with Gasteiger partial charge in [-0.15, -0.1) is 0 Å². The predicted octanol–water partition coefficient (Wildman–Crippen LogP) is 3.11. The predicted molar refractivity (Wildman–Crippen MR) is 109 cm³/mol. The average Bonchev–Trinajstić information content (AvgIpc) is 2.89. The number of carbonyl (C=O) groups excluding carboxylic acids is 4. The Morgan fingerprint density at radius 1 is 0.517 bits per heavy atom. The van der Waals surface area contributed by atoms with E-state index < -0.39 is 29.8 Å². The molecule has 2 aliphatic heterocycles. The Labute approximate surface area is 173 Å². The molecular formula is C20H35N5O4. The summed E-state index contributed by atoms with van der Waals surface area (Å²) in [5.41, 5.74) is 0. The molecule has 0 aromatic rings. The van der Waals surface area contributed by atoms with Crippen molar-refractivity contribution in [2.45, 2.75) is 72.5 Å². The quantitative estimate of drug-likeness (QED) is 0.519. The van der Waals surface area contributed by atoms with Gasteiger partial charge in [-0.1, -0.05) is 34.6 Å². The molecule has 2 rings (SSSR count). The first-order valence-corrected chi connectivity index (χ1v) is 10.9. The molecule has 29 heavy (non-hydrogen) atoms. The highest BCUT2D eigenvalue weighted by molar-refractivity contribution is 6.12. The summed E-state index contributed by atoms with van der Waals surface area (Å²) in [6.07, 6.45) is 3.06. The van der Waals surface area contributed by atoms with Crippen LogP contribution in [0.15, 0.2) is 0 Å². The Kier molecular flexibility index (Phi) is 7.48. The van der Waals surface area contributed by atoms with Crippen molar-refractivity contribution >= 4 is 24.0 Å². The van der Waals surface area contributed by atoms with E-state index in [9.17, 15) is 19.2 Å². The highest BCUT2D eigenvalue weighted by Crippen LogP contribution is 2.40. The van der Waals surface area contributed by atoms with Gasteiger partial charge in [0.25, 0.3) is 11.7 Å². The van der Waals surface area contributed by atoms with Gasteiger partial charge in [0.1, 0.15) is 0 Å². The number of carbonyl (C=O) groups is 4. The zero-order chi connectivity index (χ0) is 21.8. The third kappa shape index (κ3) is 3.44. The van der Waals surface area contributed by atoms with Gasteiger partial charge in [0.05, 0.1) is 0 Å². The van der Waals surface area contributed by atoms with E-state index in [0.717, 1.165) is 0 Å². The van der Waals surface area contributed by atoms with Crippen molar-refractivity contribution in [1.29, 1.82) is 0 Å². The van der Waals surface area contributed by atoms with Gasteiger partial charge in [-0.2, -0.15) is 0 Å². The van der Waals surface area contributed by atoms with Crippen LogP contribution in [0.4, 0.5) is 14.4 Å². The number of imide groups is 2. The monoisotopic (exact) mass is 409 g/mol. The Morgan fingerprint density at radius 2 is 0.828 bits per heavy atom. The van der Waals surface area contributed by atoms with E-state index in [1.165, 1.54) is 24.5 Å². The Bertz CT molecular complexity index is 627. The molecule has 2 fully saturated rings. The van der Waals surface area contributed by atoms with E-state index in [2.05, 4.69) is 0 Å². The minimum absolute atomic E-state index is 0.265. The number of hydrogen-bond donors (Lipinski definition) is 0. The highest BCUT2D eigenvalue weighted by atomic mass is 16.2. The van der Waals surface area contributed by atoms with Gasteiger partial charge in [-0.25, -0.2) is 19.3 Å². The summed E-state index contributed by atoms with van der Waals surface area (Å²) in [5.74, 6) is -2.19. The minimum Gasteiger partial charge on any atom is -0.275 e. The molecule has 9 nitrogen and oxygen atoms in total. The van der Waals surface area contributed by atoms with Gasteiger partial charge >= 0.3 is 18.1 Å². The van der Waals surface area contributed by atoms with Crippen molar-refractivity contribution in [2.24, 2.45) is 0 Å². The van der Waals surface area contributed by atoms with Crippen molar-refractivity contribution in [3.63, 3.8) is 0 Å². The normalized spacial score (nSPS) is 19.4. The maximum Gasteiger partial charge on any atom is 0.331 e. The molecule has 0 aromatic heterocycles. The maximum atomic E-state index is 13.8. The van der Waals surface area contributed by atoms with Gasteiger partial charge in [-0.05, 0) is 32.1 Å². The highest BCUT2D eigenvalue weighted by Gasteiger charge is 2.69. The second-order valence-electron chi connectivity index (χ2n) is 7.55. The van der Waals surface area contributed by atoms with Crippen molar-refractivity contribution in [3.8, 4) is 0 Å². The molecule has 2 heterocycles. The summed E-state index contributed by atoms with van der Waals surface area (Å²) in [6, 6.07) is -1.41. The van der Waals surface area contributed by atoms with E-state index in [1.54, 1.807) is 0 Å². The first-order valence-electron chi connectivity index (χ1n) is 10.9. The van der Waals surface area contributed by atoms with Crippen LogP contribution in [-0.4, -0.2) is 87.0 Å². The lowest BCUT2D eigenvalue weighted by molar-refractivity contribution is -0.163. The largest absolute Gasteiger partial charge is 0.331 e. The summed E-state index contributed by atoms with van der Waals surface area (Å²) in [7, 11) is 0. The molecule has 164 valence electrons. The van der Waals surface area contributed by atoms with Crippen molar-refractivity contribution < 1.29 is 19.2 Å². The smallest absolute Gasteiger partial charge is 0.275 e.